The highest BCUT2D eigenvalue weighted by Gasteiger charge is 2.51. The van der Waals surface area contributed by atoms with E-state index in [9.17, 15) is 18.4 Å². The first-order chi connectivity index (χ1) is 12.5. The number of hydrogen-bond donors (Lipinski definition) is 1. The van der Waals surface area contributed by atoms with Gasteiger partial charge in [-0.15, -0.1) is 0 Å². The summed E-state index contributed by atoms with van der Waals surface area (Å²) in [6.45, 7) is 1.70. The Morgan fingerprint density at radius 2 is 1.77 bits per heavy atom. The van der Waals surface area contributed by atoms with E-state index in [1.807, 2.05) is 0 Å². The Labute approximate surface area is 149 Å². The normalized spacial score (nSPS) is 19.6. The SMILES string of the molecule is CC[C@]1(c2ccc(F)cc2)NC(=O)N(CCOc2ccccc2F)C1=O. The van der Waals surface area contributed by atoms with Crippen molar-refractivity contribution in [3.63, 3.8) is 0 Å². The average Bonchev–Trinajstić information content (AvgIpc) is 2.89. The standard InChI is InChI=1S/C19H18F2N2O3/c1-2-19(13-7-9-14(20)10-8-13)17(24)23(18(25)22-19)11-12-26-16-6-4-3-5-15(16)21/h3-10H,2,11-12H2,1H3,(H,22,25)/t19-/m1/s1. The topological polar surface area (TPSA) is 58.6 Å². The zero-order chi connectivity index (χ0) is 18.7. The van der Waals surface area contributed by atoms with Crippen LogP contribution in [0, 0.1) is 11.6 Å². The lowest BCUT2D eigenvalue weighted by atomic mass is 9.87. The summed E-state index contributed by atoms with van der Waals surface area (Å²) in [5.41, 5.74) is -0.722. The third-order valence-electron chi connectivity index (χ3n) is 4.45. The Balaban J connectivity index is 1.73. The van der Waals surface area contributed by atoms with Crippen LogP contribution in [0.1, 0.15) is 18.9 Å². The van der Waals surface area contributed by atoms with Crippen molar-refractivity contribution in [2.45, 2.75) is 18.9 Å². The van der Waals surface area contributed by atoms with E-state index in [0.717, 1.165) is 4.90 Å². The van der Waals surface area contributed by atoms with Crippen molar-refractivity contribution in [2.24, 2.45) is 0 Å². The molecule has 0 bridgehead atoms. The Kier molecular flexibility index (Phi) is 4.88. The van der Waals surface area contributed by atoms with Crippen molar-refractivity contribution in [3.8, 4) is 5.75 Å². The summed E-state index contributed by atoms with van der Waals surface area (Å²) >= 11 is 0. The van der Waals surface area contributed by atoms with E-state index < -0.39 is 29.1 Å². The van der Waals surface area contributed by atoms with Crippen molar-refractivity contribution >= 4 is 11.9 Å². The van der Waals surface area contributed by atoms with E-state index in [1.54, 1.807) is 13.0 Å². The Morgan fingerprint density at radius 3 is 2.42 bits per heavy atom. The summed E-state index contributed by atoms with van der Waals surface area (Å²) in [4.78, 5) is 26.2. The lowest BCUT2D eigenvalue weighted by Crippen LogP contribution is -2.43. The van der Waals surface area contributed by atoms with Gasteiger partial charge in [0.25, 0.3) is 5.91 Å². The molecule has 1 atom stereocenters. The van der Waals surface area contributed by atoms with Crippen LogP contribution in [-0.2, 0) is 10.3 Å². The Bertz CT molecular complexity index is 826. The van der Waals surface area contributed by atoms with Gasteiger partial charge >= 0.3 is 6.03 Å². The summed E-state index contributed by atoms with van der Waals surface area (Å²) in [6.07, 6.45) is 0.313. The maximum Gasteiger partial charge on any atom is 0.325 e. The number of hydrogen-bond acceptors (Lipinski definition) is 3. The van der Waals surface area contributed by atoms with Crippen LogP contribution in [0.2, 0.25) is 0 Å². The molecule has 3 rings (SSSR count). The van der Waals surface area contributed by atoms with E-state index >= 15 is 0 Å². The van der Waals surface area contributed by atoms with E-state index in [0.29, 0.717) is 12.0 Å². The third kappa shape index (κ3) is 3.12. The maximum absolute atomic E-state index is 13.6. The van der Waals surface area contributed by atoms with E-state index in [4.69, 9.17) is 4.74 Å². The van der Waals surface area contributed by atoms with Gasteiger partial charge in [0.15, 0.2) is 11.6 Å². The van der Waals surface area contributed by atoms with Crippen LogP contribution in [0.15, 0.2) is 48.5 Å². The predicted molar refractivity (Wildman–Crippen MR) is 90.5 cm³/mol. The zero-order valence-corrected chi connectivity index (χ0v) is 14.2. The van der Waals surface area contributed by atoms with E-state index in [-0.39, 0.29) is 18.9 Å². The van der Waals surface area contributed by atoms with Gasteiger partial charge in [-0.05, 0) is 36.2 Å². The smallest absolute Gasteiger partial charge is 0.325 e. The number of carbonyl (C=O) groups is 2. The molecule has 1 N–H and O–H groups in total. The molecule has 0 aromatic heterocycles. The quantitative estimate of drug-likeness (QED) is 0.805. The molecule has 0 aliphatic carbocycles. The van der Waals surface area contributed by atoms with Crippen molar-refractivity contribution in [2.75, 3.05) is 13.2 Å². The number of amides is 3. The molecule has 2 aromatic carbocycles. The number of nitrogens with one attached hydrogen (secondary N) is 1. The van der Waals surface area contributed by atoms with Gasteiger partial charge in [0.1, 0.15) is 18.0 Å². The summed E-state index contributed by atoms with van der Waals surface area (Å²) < 4.78 is 32.1. The molecule has 26 heavy (non-hydrogen) atoms. The van der Waals surface area contributed by atoms with Crippen LogP contribution in [0.4, 0.5) is 13.6 Å². The number of carbonyl (C=O) groups excluding carboxylic acids is 2. The zero-order valence-electron chi connectivity index (χ0n) is 14.2. The highest BCUT2D eigenvalue weighted by Crippen LogP contribution is 2.32. The molecule has 1 saturated heterocycles. The molecule has 0 spiro atoms. The summed E-state index contributed by atoms with van der Waals surface area (Å²) in [7, 11) is 0. The molecule has 7 heteroatoms. The number of nitrogens with zero attached hydrogens (tertiary/aromatic N) is 1. The number of para-hydroxylation sites is 1. The monoisotopic (exact) mass is 360 g/mol. The number of urea groups is 1. The fraction of sp³-hybridized carbons (Fsp3) is 0.263. The molecule has 136 valence electrons. The van der Waals surface area contributed by atoms with Crippen molar-refractivity contribution in [1.29, 1.82) is 0 Å². The molecule has 5 nitrogen and oxygen atoms in total. The fourth-order valence-electron chi connectivity index (χ4n) is 3.01. The minimum atomic E-state index is -1.23. The highest BCUT2D eigenvalue weighted by atomic mass is 19.1. The first-order valence-electron chi connectivity index (χ1n) is 8.25. The lowest BCUT2D eigenvalue weighted by Gasteiger charge is -2.25. The van der Waals surface area contributed by atoms with Gasteiger partial charge in [0.2, 0.25) is 0 Å². The van der Waals surface area contributed by atoms with Crippen LogP contribution >= 0.6 is 0 Å². The summed E-state index contributed by atoms with van der Waals surface area (Å²) in [6, 6.07) is 10.8. The van der Waals surface area contributed by atoms with Crippen LogP contribution in [0.25, 0.3) is 0 Å². The highest BCUT2D eigenvalue weighted by molar-refractivity contribution is 6.07. The lowest BCUT2D eigenvalue weighted by molar-refractivity contribution is -0.132. The maximum atomic E-state index is 13.6. The van der Waals surface area contributed by atoms with Crippen LogP contribution in [-0.4, -0.2) is 30.0 Å². The molecule has 2 aromatic rings. The largest absolute Gasteiger partial charge is 0.489 e. The van der Waals surface area contributed by atoms with Gasteiger partial charge < -0.3 is 10.1 Å². The minimum absolute atomic E-state index is 0.0258. The Hall–Kier alpha value is -2.96. The number of ether oxygens (including phenoxy) is 1. The molecule has 3 amide bonds. The summed E-state index contributed by atoms with van der Waals surface area (Å²) in [5, 5.41) is 2.70. The van der Waals surface area contributed by atoms with E-state index in [2.05, 4.69) is 5.32 Å². The van der Waals surface area contributed by atoms with Crippen molar-refractivity contribution in [3.05, 3.63) is 65.7 Å². The van der Waals surface area contributed by atoms with Crippen molar-refractivity contribution in [1.82, 2.24) is 10.2 Å². The van der Waals surface area contributed by atoms with Gasteiger partial charge in [0.05, 0.1) is 6.54 Å². The first-order valence-corrected chi connectivity index (χ1v) is 8.25. The minimum Gasteiger partial charge on any atom is -0.489 e. The second-order valence-corrected chi connectivity index (χ2v) is 5.93. The van der Waals surface area contributed by atoms with Crippen LogP contribution in [0.3, 0.4) is 0 Å². The Morgan fingerprint density at radius 1 is 1.08 bits per heavy atom. The molecule has 0 radical (unpaired) electrons. The summed E-state index contributed by atoms with van der Waals surface area (Å²) in [5.74, 6) is -1.32. The molecule has 0 saturated carbocycles. The van der Waals surface area contributed by atoms with Crippen LogP contribution < -0.4 is 10.1 Å². The number of imide groups is 1. The average molecular weight is 360 g/mol. The molecule has 1 aliphatic heterocycles. The van der Waals surface area contributed by atoms with Crippen LogP contribution in [0.5, 0.6) is 5.75 Å². The third-order valence-corrected chi connectivity index (χ3v) is 4.45. The number of benzene rings is 2. The molecular weight excluding hydrogens is 342 g/mol. The molecule has 1 heterocycles. The van der Waals surface area contributed by atoms with Gasteiger partial charge in [-0.25, -0.2) is 13.6 Å². The molecule has 0 unspecified atom stereocenters. The van der Waals surface area contributed by atoms with Gasteiger partial charge in [-0.3, -0.25) is 9.69 Å². The van der Waals surface area contributed by atoms with Crippen molar-refractivity contribution < 1.29 is 23.1 Å². The second-order valence-electron chi connectivity index (χ2n) is 5.93. The first kappa shape index (κ1) is 17.8. The predicted octanol–water partition coefficient (Wildman–Crippen LogP) is 3.20. The number of rotatable bonds is 6. The fourth-order valence-corrected chi connectivity index (χ4v) is 3.01. The number of halogens is 2. The molecular formula is C19H18F2N2O3. The van der Waals surface area contributed by atoms with E-state index in [1.165, 1.54) is 42.5 Å². The molecule has 1 aliphatic rings. The van der Waals surface area contributed by atoms with Gasteiger partial charge in [-0.1, -0.05) is 31.2 Å². The second kappa shape index (κ2) is 7.11. The molecule has 1 fully saturated rings. The van der Waals surface area contributed by atoms with Gasteiger partial charge in [0, 0.05) is 0 Å². The van der Waals surface area contributed by atoms with Gasteiger partial charge in [-0.2, -0.15) is 0 Å².